The first-order valence-corrected chi connectivity index (χ1v) is 7.86. The van der Waals surface area contributed by atoms with Crippen molar-refractivity contribution in [2.45, 2.75) is 26.6 Å². The second kappa shape index (κ2) is 6.63. The monoisotopic (exact) mass is 361 g/mol. The third-order valence-corrected chi connectivity index (χ3v) is 3.75. The van der Waals surface area contributed by atoms with Crippen molar-refractivity contribution in [2.75, 3.05) is 6.61 Å². The highest BCUT2D eigenvalue weighted by atomic mass is 19.4. The van der Waals surface area contributed by atoms with Crippen molar-refractivity contribution in [1.82, 2.24) is 19.5 Å². The van der Waals surface area contributed by atoms with Gasteiger partial charge in [-0.25, -0.2) is 15.0 Å². The van der Waals surface area contributed by atoms with Gasteiger partial charge in [0.25, 0.3) is 0 Å². The van der Waals surface area contributed by atoms with Crippen LogP contribution in [0.5, 0.6) is 5.75 Å². The van der Waals surface area contributed by atoms with E-state index in [1.807, 2.05) is 13.0 Å². The average molecular weight is 361 g/mol. The summed E-state index contributed by atoms with van der Waals surface area (Å²) in [5.41, 5.74) is -0.0395. The molecular formula is C17H14F3N5O. The van der Waals surface area contributed by atoms with Crippen LogP contribution in [0.1, 0.15) is 25.1 Å². The SMILES string of the molecule is CCOc1ccc(-c2nc(C#N)c3ncn(CC)c3n2)cc1C(F)(F)F. The van der Waals surface area contributed by atoms with Crippen LogP contribution in [0.25, 0.3) is 22.6 Å². The summed E-state index contributed by atoms with van der Waals surface area (Å²) >= 11 is 0. The summed E-state index contributed by atoms with van der Waals surface area (Å²) in [5.74, 6) is -0.235. The number of aryl methyl sites for hydroxylation is 1. The van der Waals surface area contributed by atoms with Gasteiger partial charge < -0.3 is 9.30 Å². The van der Waals surface area contributed by atoms with Crippen LogP contribution >= 0.6 is 0 Å². The van der Waals surface area contributed by atoms with Crippen LogP contribution in [0.3, 0.4) is 0 Å². The maximum Gasteiger partial charge on any atom is 0.419 e. The van der Waals surface area contributed by atoms with Gasteiger partial charge in [-0.1, -0.05) is 0 Å². The van der Waals surface area contributed by atoms with Crippen LogP contribution in [-0.4, -0.2) is 26.1 Å². The molecule has 0 fully saturated rings. The summed E-state index contributed by atoms with van der Waals surface area (Å²) < 4.78 is 46.8. The summed E-state index contributed by atoms with van der Waals surface area (Å²) in [6, 6.07) is 5.52. The maximum absolute atomic E-state index is 13.3. The second-order valence-corrected chi connectivity index (χ2v) is 5.35. The van der Waals surface area contributed by atoms with E-state index >= 15 is 0 Å². The topological polar surface area (TPSA) is 76.6 Å². The Hall–Kier alpha value is -3.15. The summed E-state index contributed by atoms with van der Waals surface area (Å²) in [4.78, 5) is 12.5. The van der Waals surface area contributed by atoms with Crippen LogP contribution in [0, 0.1) is 11.3 Å². The van der Waals surface area contributed by atoms with Gasteiger partial charge in [0.2, 0.25) is 0 Å². The fraction of sp³-hybridized carbons (Fsp3) is 0.294. The van der Waals surface area contributed by atoms with Crippen molar-refractivity contribution in [3.63, 3.8) is 0 Å². The number of benzene rings is 1. The van der Waals surface area contributed by atoms with Crippen molar-refractivity contribution >= 4 is 11.2 Å². The number of fused-ring (bicyclic) bond motifs is 1. The van der Waals surface area contributed by atoms with Gasteiger partial charge in [-0.2, -0.15) is 18.4 Å². The lowest BCUT2D eigenvalue weighted by Gasteiger charge is -2.14. The molecule has 0 aliphatic heterocycles. The molecule has 2 aromatic heterocycles. The zero-order chi connectivity index (χ0) is 18.9. The molecule has 3 rings (SSSR count). The highest BCUT2D eigenvalue weighted by Crippen LogP contribution is 2.38. The Morgan fingerprint density at radius 2 is 2.00 bits per heavy atom. The Morgan fingerprint density at radius 1 is 1.23 bits per heavy atom. The van der Waals surface area contributed by atoms with Crippen LogP contribution in [0.4, 0.5) is 13.2 Å². The molecule has 134 valence electrons. The molecule has 0 atom stereocenters. The molecule has 0 aliphatic rings. The van der Waals surface area contributed by atoms with Gasteiger partial charge >= 0.3 is 6.18 Å². The van der Waals surface area contributed by atoms with Crippen LogP contribution < -0.4 is 4.74 Å². The summed E-state index contributed by atoms with van der Waals surface area (Å²) in [6.07, 6.45) is -3.07. The fourth-order valence-electron chi connectivity index (χ4n) is 2.55. The van der Waals surface area contributed by atoms with Gasteiger partial charge in [-0.15, -0.1) is 0 Å². The highest BCUT2D eigenvalue weighted by molar-refractivity contribution is 5.79. The van der Waals surface area contributed by atoms with E-state index in [-0.39, 0.29) is 29.4 Å². The number of rotatable bonds is 4. The van der Waals surface area contributed by atoms with Crippen molar-refractivity contribution in [3.05, 3.63) is 35.8 Å². The number of aromatic nitrogens is 4. The zero-order valence-corrected chi connectivity index (χ0v) is 14.0. The molecule has 0 radical (unpaired) electrons. The Bertz CT molecular complexity index is 1000. The molecule has 0 saturated carbocycles. The van der Waals surface area contributed by atoms with Crippen LogP contribution in [0.15, 0.2) is 24.5 Å². The standard InChI is InChI=1S/C17H14F3N5O/c1-3-25-9-22-14-12(8-21)23-15(24-16(14)25)10-5-6-13(26-4-2)11(7-10)17(18,19)20/h5-7,9H,3-4H2,1-2H3. The summed E-state index contributed by atoms with van der Waals surface area (Å²) in [7, 11) is 0. The lowest BCUT2D eigenvalue weighted by Crippen LogP contribution is -2.09. The first-order valence-electron chi connectivity index (χ1n) is 7.86. The van der Waals surface area contributed by atoms with Crippen molar-refractivity contribution in [1.29, 1.82) is 5.26 Å². The van der Waals surface area contributed by atoms with E-state index in [2.05, 4.69) is 15.0 Å². The summed E-state index contributed by atoms with van der Waals surface area (Å²) in [6.45, 7) is 4.14. The van der Waals surface area contributed by atoms with Crippen molar-refractivity contribution in [2.24, 2.45) is 0 Å². The molecule has 6 nitrogen and oxygen atoms in total. The minimum Gasteiger partial charge on any atom is -0.493 e. The largest absolute Gasteiger partial charge is 0.493 e. The summed E-state index contributed by atoms with van der Waals surface area (Å²) in [5, 5.41) is 9.30. The molecule has 0 bridgehead atoms. The molecule has 0 spiro atoms. The molecular weight excluding hydrogens is 347 g/mol. The Balaban J connectivity index is 2.22. The molecule has 1 aromatic carbocycles. The van der Waals surface area contributed by atoms with Crippen molar-refractivity contribution in [3.8, 4) is 23.2 Å². The van der Waals surface area contributed by atoms with Gasteiger partial charge in [0, 0.05) is 12.1 Å². The number of imidazole rings is 1. The molecule has 2 heterocycles. The lowest BCUT2D eigenvalue weighted by molar-refractivity contribution is -0.138. The number of ether oxygens (including phenoxy) is 1. The van der Waals surface area contributed by atoms with Crippen LogP contribution in [0.2, 0.25) is 0 Å². The van der Waals surface area contributed by atoms with E-state index < -0.39 is 11.7 Å². The van der Waals surface area contributed by atoms with Gasteiger partial charge in [0.05, 0.1) is 18.5 Å². The quantitative estimate of drug-likeness (QED) is 0.706. The smallest absolute Gasteiger partial charge is 0.419 e. The normalized spacial score (nSPS) is 11.5. The number of hydrogen-bond acceptors (Lipinski definition) is 5. The number of alkyl halides is 3. The lowest BCUT2D eigenvalue weighted by atomic mass is 10.1. The fourth-order valence-corrected chi connectivity index (χ4v) is 2.55. The molecule has 3 aromatic rings. The molecule has 0 N–H and O–H groups in total. The van der Waals surface area contributed by atoms with Crippen molar-refractivity contribution < 1.29 is 17.9 Å². The highest BCUT2D eigenvalue weighted by Gasteiger charge is 2.35. The molecule has 0 saturated heterocycles. The first kappa shape index (κ1) is 17.7. The van der Waals surface area contributed by atoms with Crippen LogP contribution in [-0.2, 0) is 12.7 Å². The van der Waals surface area contributed by atoms with Gasteiger partial charge in [0.15, 0.2) is 17.2 Å². The van der Waals surface area contributed by atoms with E-state index in [9.17, 15) is 18.4 Å². The molecule has 26 heavy (non-hydrogen) atoms. The van der Waals surface area contributed by atoms with E-state index in [0.29, 0.717) is 17.7 Å². The van der Waals surface area contributed by atoms with Gasteiger partial charge in [0.1, 0.15) is 17.3 Å². The molecule has 9 heteroatoms. The van der Waals surface area contributed by atoms with E-state index in [0.717, 1.165) is 6.07 Å². The minimum atomic E-state index is -4.59. The van der Waals surface area contributed by atoms with Gasteiger partial charge in [-0.3, -0.25) is 0 Å². The minimum absolute atomic E-state index is 0.0136. The molecule has 0 unspecified atom stereocenters. The Kier molecular flexibility index (Phi) is 4.50. The van der Waals surface area contributed by atoms with Gasteiger partial charge in [-0.05, 0) is 32.0 Å². The number of nitrogens with zero attached hydrogens (tertiary/aromatic N) is 5. The average Bonchev–Trinajstić information content (AvgIpc) is 3.03. The Labute approximate surface area is 146 Å². The predicted molar refractivity (Wildman–Crippen MR) is 87.3 cm³/mol. The Morgan fingerprint density at radius 3 is 2.62 bits per heavy atom. The van der Waals surface area contributed by atoms with E-state index in [1.165, 1.54) is 18.5 Å². The zero-order valence-electron chi connectivity index (χ0n) is 14.0. The first-order chi connectivity index (χ1) is 12.4. The third-order valence-electron chi connectivity index (χ3n) is 3.75. The molecule has 0 aliphatic carbocycles. The predicted octanol–water partition coefficient (Wildman–Crippen LogP) is 3.80. The van der Waals surface area contributed by atoms with E-state index in [4.69, 9.17) is 4.74 Å². The number of hydrogen-bond donors (Lipinski definition) is 0. The maximum atomic E-state index is 13.3. The van der Waals surface area contributed by atoms with E-state index in [1.54, 1.807) is 11.5 Å². The molecule has 0 amide bonds. The second-order valence-electron chi connectivity index (χ2n) is 5.35. The third kappa shape index (κ3) is 3.06. The number of nitriles is 1. The number of halogens is 3.